The van der Waals surface area contributed by atoms with Crippen LogP contribution in [-0.4, -0.2) is 25.6 Å². The summed E-state index contributed by atoms with van der Waals surface area (Å²) in [4.78, 5) is 20.5. The number of hydrogen-bond acceptors (Lipinski definition) is 4. The van der Waals surface area contributed by atoms with Crippen molar-refractivity contribution in [2.24, 2.45) is 5.92 Å². The summed E-state index contributed by atoms with van der Waals surface area (Å²) in [5.74, 6) is 0.0163. The van der Waals surface area contributed by atoms with E-state index < -0.39 is 15.7 Å². The van der Waals surface area contributed by atoms with E-state index in [0.717, 1.165) is 18.2 Å². The smallest absolute Gasteiger partial charge is 0.251 e. The lowest BCUT2D eigenvalue weighted by Crippen LogP contribution is -2.23. The Labute approximate surface area is 209 Å². The number of rotatable bonds is 7. The highest BCUT2D eigenvalue weighted by molar-refractivity contribution is 7.90. The van der Waals surface area contributed by atoms with Crippen LogP contribution in [0.2, 0.25) is 10.0 Å². The summed E-state index contributed by atoms with van der Waals surface area (Å²) in [5.41, 5.74) is 3.55. The fraction of sp³-hybridized carbons (Fsp3) is 0.240. The molecule has 3 aromatic rings. The first kappa shape index (κ1) is 25.7. The van der Waals surface area contributed by atoms with E-state index in [1.807, 2.05) is 12.1 Å². The van der Waals surface area contributed by atoms with Crippen molar-refractivity contribution in [3.05, 3.63) is 86.9 Å². The number of benzene rings is 2. The van der Waals surface area contributed by atoms with Gasteiger partial charge >= 0.3 is 0 Å². The minimum atomic E-state index is -3.34. The molecule has 34 heavy (non-hydrogen) atoms. The van der Waals surface area contributed by atoms with Crippen LogP contribution in [0, 0.1) is 12.5 Å². The molecule has 176 valence electrons. The van der Waals surface area contributed by atoms with Gasteiger partial charge in [-0.2, -0.15) is 0 Å². The molecule has 0 aliphatic rings. The van der Waals surface area contributed by atoms with E-state index in [2.05, 4.69) is 29.0 Å². The molecule has 2 aromatic carbocycles. The molecular formula is C25H23Cl2N3O3S. The van der Waals surface area contributed by atoms with Gasteiger partial charge in [0.05, 0.1) is 33.8 Å². The zero-order valence-electron chi connectivity index (χ0n) is 18.9. The molecule has 0 saturated carbocycles. The Bertz CT molecular complexity index is 1360. The monoisotopic (exact) mass is 515 g/mol. The van der Waals surface area contributed by atoms with Gasteiger partial charge in [-0.25, -0.2) is 13.3 Å². The van der Waals surface area contributed by atoms with E-state index in [0.29, 0.717) is 38.5 Å². The highest BCUT2D eigenvalue weighted by Crippen LogP contribution is 2.38. The van der Waals surface area contributed by atoms with Gasteiger partial charge < -0.3 is 5.32 Å². The first-order valence-electron chi connectivity index (χ1n) is 10.4. The number of hydrogen-bond donors (Lipinski definition) is 1. The first-order valence-corrected chi connectivity index (χ1v) is 13.1. The molecule has 0 radical (unpaired) electrons. The molecule has 1 N–H and O–H groups in total. The number of amides is 1. The summed E-state index contributed by atoms with van der Waals surface area (Å²) < 4.78 is 23.1. The maximum Gasteiger partial charge on any atom is 0.251 e. The fourth-order valence-corrected chi connectivity index (χ4v) is 4.69. The Balaban J connectivity index is 1.80. The zero-order chi connectivity index (χ0) is 25.0. The zero-order valence-corrected chi connectivity index (χ0v) is 21.2. The Morgan fingerprint density at radius 1 is 1.12 bits per heavy atom. The summed E-state index contributed by atoms with van der Waals surface area (Å²) in [5, 5.41) is 3.31. The second kappa shape index (κ2) is 10.6. The van der Waals surface area contributed by atoms with Crippen molar-refractivity contribution >= 4 is 44.6 Å². The number of sulfone groups is 1. The van der Waals surface area contributed by atoms with Crippen LogP contribution in [0.1, 0.15) is 35.5 Å². The van der Waals surface area contributed by atoms with Crippen molar-refractivity contribution < 1.29 is 13.2 Å². The van der Waals surface area contributed by atoms with Crippen molar-refractivity contribution in [1.29, 1.82) is 0 Å². The third-order valence-corrected chi connectivity index (χ3v) is 6.78. The van der Waals surface area contributed by atoms with Crippen molar-refractivity contribution in [1.82, 2.24) is 10.3 Å². The second-order valence-electron chi connectivity index (χ2n) is 8.31. The van der Waals surface area contributed by atoms with E-state index in [1.165, 1.54) is 30.5 Å². The van der Waals surface area contributed by atoms with E-state index >= 15 is 0 Å². The predicted molar refractivity (Wildman–Crippen MR) is 135 cm³/mol. The third kappa shape index (κ3) is 6.15. The molecule has 0 bridgehead atoms. The number of carbonyl (C=O) groups excluding carboxylic acids is 1. The van der Waals surface area contributed by atoms with Crippen LogP contribution in [0.4, 0.5) is 5.69 Å². The largest absolute Gasteiger partial charge is 0.346 e. The van der Waals surface area contributed by atoms with Gasteiger partial charge in [-0.1, -0.05) is 49.2 Å². The van der Waals surface area contributed by atoms with E-state index in [-0.39, 0.29) is 17.0 Å². The first-order chi connectivity index (χ1) is 16.0. The van der Waals surface area contributed by atoms with Crippen molar-refractivity contribution in [3.63, 3.8) is 0 Å². The molecule has 0 spiro atoms. The summed E-state index contributed by atoms with van der Waals surface area (Å²) in [6.07, 6.45) is 3.15. The molecule has 0 saturated heterocycles. The lowest BCUT2D eigenvalue weighted by molar-refractivity contribution is 0.0950. The summed E-state index contributed by atoms with van der Waals surface area (Å²) in [6.45, 7) is 11.8. The normalized spacial score (nSPS) is 11.3. The number of carbonyl (C=O) groups is 1. The molecule has 6 nitrogen and oxygen atoms in total. The maximum absolute atomic E-state index is 12.7. The third-order valence-electron chi connectivity index (χ3n) is 5.08. The molecule has 0 unspecified atom stereocenters. The van der Waals surface area contributed by atoms with Gasteiger partial charge in [0, 0.05) is 23.6 Å². The van der Waals surface area contributed by atoms with E-state index in [1.54, 1.807) is 6.07 Å². The molecule has 0 aliphatic heterocycles. The van der Waals surface area contributed by atoms with Crippen LogP contribution in [0.15, 0.2) is 53.6 Å². The number of nitrogens with one attached hydrogen (secondary N) is 1. The van der Waals surface area contributed by atoms with Gasteiger partial charge in [0.1, 0.15) is 0 Å². The molecule has 1 amide bonds. The van der Waals surface area contributed by atoms with Crippen LogP contribution in [0.5, 0.6) is 0 Å². The minimum absolute atomic E-state index is 0.103. The molecule has 9 heteroatoms. The van der Waals surface area contributed by atoms with Crippen LogP contribution >= 0.6 is 23.2 Å². The standard InChI is InChI=1S/C25H23Cl2N3O3S/c1-15(2)9-16-5-6-17(12-23(16)28-3)24-21(26)10-18(11-22(24)27)25(31)30-13-19-7-8-20(14-29-19)34(4,32)33/h5-8,10-12,14-15H,9,13H2,1-2,4H3,(H,30,31). The fourth-order valence-electron chi connectivity index (χ4n) is 3.42. The Morgan fingerprint density at radius 2 is 1.79 bits per heavy atom. The number of nitrogens with zero attached hydrogens (tertiary/aromatic N) is 2. The lowest BCUT2D eigenvalue weighted by Gasteiger charge is -2.13. The minimum Gasteiger partial charge on any atom is -0.346 e. The van der Waals surface area contributed by atoms with Crippen LogP contribution in [0.3, 0.4) is 0 Å². The van der Waals surface area contributed by atoms with Crippen LogP contribution in [-0.2, 0) is 22.8 Å². The maximum atomic E-state index is 12.7. The highest BCUT2D eigenvalue weighted by atomic mass is 35.5. The Morgan fingerprint density at radius 3 is 2.32 bits per heavy atom. The summed E-state index contributed by atoms with van der Waals surface area (Å²) >= 11 is 13.0. The Hall–Kier alpha value is -2.92. The van der Waals surface area contributed by atoms with Crippen molar-refractivity contribution in [3.8, 4) is 11.1 Å². The predicted octanol–water partition coefficient (Wildman–Crippen LogP) is 6.14. The number of aromatic nitrogens is 1. The number of halogens is 2. The van der Waals surface area contributed by atoms with E-state index in [9.17, 15) is 13.2 Å². The quantitative estimate of drug-likeness (QED) is 0.383. The van der Waals surface area contributed by atoms with Crippen molar-refractivity contribution in [2.45, 2.75) is 31.7 Å². The highest BCUT2D eigenvalue weighted by Gasteiger charge is 2.16. The van der Waals surface area contributed by atoms with Gasteiger partial charge in [-0.15, -0.1) is 0 Å². The second-order valence-corrected chi connectivity index (χ2v) is 11.1. The van der Waals surface area contributed by atoms with Crippen LogP contribution < -0.4 is 5.32 Å². The molecule has 1 aromatic heterocycles. The van der Waals surface area contributed by atoms with Gasteiger partial charge in [-0.3, -0.25) is 9.78 Å². The van der Waals surface area contributed by atoms with Crippen LogP contribution in [0.25, 0.3) is 16.0 Å². The van der Waals surface area contributed by atoms with Gasteiger partial charge in [0.25, 0.3) is 5.91 Å². The number of pyridine rings is 1. The molecular weight excluding hydrogens is 493 g/mol. The average molecular weight is 516 g/mol. The molecule has 3 rings (SSSR count). The van der Waals surface area contributed by atoms with Gasteiger partial charge in [-0.05, 0) is 53.8 Å². The summed E-state index contributed by atoms with van der Waals surface area (Å²) in [7, 11) is -3.34. The molecule has 0 aliphatic carbocycles. The molecule has 1 heterocycles. The van der Waals surface area contributed by atoms with E-state index in [4.69, 9.17) is 29.8 Å². The average Bonchev–Trinajstić information content (AvgIpc) is 2.77. The molecule has 0 fully saturated rings. The van der Waals surface area contributed by atoms with Gasteiger partial charge in [0.2, 0.25) is 0 Å². The SMILES string of the molecule is [C-]#[N+]c1cc(-c2c(Cl)cc(C(=O)NCc3ccc(S(C)(=O)=O)cn3)cc2Cl)ccc1CC(C)C. The molecule has 0 atom stereocenters. The van der Waals surface area contributed by atoms with Crippen molar-refractivity contribution in [2.75, 3.05) is 6.26 Å². The Kier molecular flexibility index (Phi) is 7.98. The topological polar surface area (TPSA) is 80.5 Å². The summed E-state index contributed by atoms with van der Waals surface area (Å²) in [6, 6.07) is 11.6. The van der Waals surface area contributed by atoms with Gasteiger partial charge in [0.15, 0.2) is 15.5 Å². The lowest BCUT2D eigenvalue weighted by atomic mass is 9.96.